The Balaban J connectivity index is 1.70. The van der Waals surface area contributed by atoms with Crippen LogP contribution in [0.5, 0.6) is 5.75 Å². The Kier molecular flexibility index (Phi) is 4.08. The molecule has 1 N–H and O–H groups in total. The molecule has 0 aromatic heterocycles. The van der Waals surface area contributed by atoms with Gasteiger partial charge in [-0.2, -0.15) is 11.8 Å². The summed E-state index contributed by atoms with van der Waals surface area (Å²) in [5, 5.41) is 8.83. The highest BCUT2D eigenvalue weighted by Gasteiger charge is 2.41. The van der Waals surface area contributed by atoms with Crippen LogP contribution in [-0.2, 0) is 4.74 Å². The molecule has 4 nitrogen and oxygen atoms in total. The maximum atomic E-state index is 13.9. The minimum atomic E-state index is -1.14. The fourth-order valence-corrected chi connectivity index (χ4v) is 4.23. The van der Waals surface area contributed by atoms with E-state index in [1.54, 1.807) is 0 Å². The number of hydrogen-bond acceptors (Lipinski definition) is 4. The van der Waals surface area contributed by atoms with E-state index in [0.717, 1.165) is 36.8 Å². The maximum absolute atomic E-state index is 13.9. The van der Waals surface area contributed by atoms with Gasteiger partial charge in [0.25, 0.3) is 0 Å². The lowest BCUT2D eigenvalue weighted by atomic mass is 9.91. The van der Waals surface area contributed by atoms with Crippen LogP contribution in [0, 0.1) is 5.82 Å². The zero-order valence-electron chi connectivity index (χ0n) is 11.5. The van der Waals surface area contributed by atoms with Gasteiger partial charge in [0.1, 0.15) is 6.10 Å². The van der Waals surface area contributed by atoms with Gasteiger partial charge in [-0.25, -0.2) is 9.18 Å². The van der Waals surface area contributed by atoms with Crippen LogP contribution in [0.4, 0.5) is 4.39 Å². The molecule has 0 amide bonds. The molecule has 21 heavy (non-hydrogen) atoms. The molecular formula is C15H17FO4S. The van der Waals surface area contributed by atoms with E-state index in [1.807, 2.05) is 11.8 Å². The van der Waals surface area contributed by atoms with E-state index < -0.39 is 11.8 Å². The van der Waals surface area contributed by atoms with E-state index in [4.69, 9.17) is 14.6 Å². The molecule has 2 unspecified atom stereocenters. The van der Waals surface area contributed by atoms with Crippen molar-refractivity contribution in [3.63, 3.8) is 0 Å². The zero-order valence-corrected chi connectivity index (χ0v) is 12.3. The van der Waals surface area contributed by atoms with Crippen molar-refractivity contribution in [1.82, 2.24) is 0 Å². The molecule has 2 heterocycles. The number of carboxylic acid groups (broad SMARTS) is 1. The minimum absolute atomic E-state index is 0.0736. The minimum Gasteiger partial charge on any atom is -0.487 e. The fraction of sp³-hybridized carbons (Fsp3) is 0.533. The average molecular weight is 312 g/mol. The van der Waals surface area contributed by atoms with Crippen molar-refractivity contribution in [3.8, 4) is 5.75 Å². The van der Waals surface area contributed by atoms with Gasteiger partial charge in [0.05, 0.1) is 17.8 Å². The number of hydrogen-bond donors (Lipinski definition) is 1. The van der Waals surface area contributed by atoms with Crippen LogP contribution in [0.2, 0.25) is 0 Å². The van der Waals surface area contributed by atoms with Crippen molar-refractivity contribution in [3.05, 3.63) is 29.6 Å². The highest BCUT2D eigenvalue weighted by molar-refractivity contribution is 7.99. The Bertz CT molecular complexity index is 542. The molecular weight excluding hydrogens is 295 g/mol. The van der Waals surface area contributed by atoms with Gasteiger partial charge in [-0.3, -0.25) is 0 Å². The molecule has 1 spiro atoms. The third-order valence-electron chi connectivity index (χ3n) is 3.99. The molecule has 2 aliphatic rings. The second-order valence-electron chi connectivity index (χ2n) is 5.52. The molecule has 0 radical (unpaired) electrons. The monoisotopic (exact) mass is 312 g/mol. The normalized spacial score (nSPS) is 28.7. The molecule has 0 aliphatic carbocycles. The van der Waals surface area contributed by atoms with Crippen molar-refractivity contribution >= 4 is 17.7 Å². The molecule has 3 rings (SSSR count). The average Bonchev–Trinajstić information content (AvgIpc) is 2.89. The molecule has 1 aromatic rings. The lowest BCUT2D eigenvalue weighted by Crippen LogP contribution is -2.43. The van der Waals surface area contributed by atoms with Crippen molar-refractivity contribution in [1.29, 1.82) is 0 Å². The van der Waals surface area contributed by atoms with Gasteiger partial charge < -0.3 is 14.6 Å². The molecule has 0 bridgehead atoms. The van der Waals surface area contributed by atoms with Gasteiger partial charge in [0, 0.05) is 18.6 Å². The third-order valence-corrected chi connectivity index (χ3v) is 5.21. The van der Waals surface area contributed by atoms with Crippen LogP contribution >= 0.6 is 11.8 Å². The Hall–Kier alpha value is -1.27. The first-order chi connectivity index (χ1) is 10.1. The standard InChI is InChI=1S/C15H17FO4S/c16-12-7-10(14(17)18)1-2-13(12)20-11-3-5-19-15(8-11)4-6-21-9-15/h1-2,7,11H,3-6,8-9H2,(H,17,18). The lowest BCUT2D eigenvalue weighted by Gasteiger charge is -2.37. The maximum Gasteiger partial charge on any atom is 0.335 e. The summed E-state index contributed by atoms with van der Waals surface area (Å²) in [6.07, 6.45) is 2.42. The van der Waals surface area contributed by atoms with Crippen LogP contribution in [0.1, 0.15) is 29.6 Å². The number of thioether (sulfide) groups is 1. The topological polar surface area (TPSA) is 55.8 Å². The summed E-state index contributed by atoms with van der Waals surface area (Å²) in [4.78, 5) is 10.8. The third kappa shape index (κ3) is 3.16. The number of aromatic carboxylic acids is 1. The summed E-state index contributed by atoms with van der Waals surface area (Å²) in [5.41, 5.74) is -0.194. The largest absolute Gasteiger partial charge is 0.487 e. The van der Waals surface area contributed by atoms with Crippen LogP contribution in [0.25, 0.3) is 0 Å². The zero-order chi connectivity index (χ0) is 14.9. The summed E-state index contributed by atoms with van der Waals surface area (Å²) in [7, 11) is 0. The molecule has 114 valence electrons. The molecule has 0 saturated carbocycles. The first-order valence-corrected chi connectivity index (χ1v) is 8.15. The summed E-state index contributed by atoms with van der Waals surface area (Å²) >= 11 is 1.88. The van der Waals surface area contributed by atoms with Crippen molar-refractivity contribution in [2.45, 2.75) is 31.0 Å². The highest BCUT2D eigenvalue weighted by atomic mass is 32.2. The number of rotatable bonds is 3. The van der Waals surface area contributed by atoms with Crippen LogP contribution in [0.3, 0.4) is 0 Å². The van der Waals surface area contributed by atoms with Crippen LogP contribution in [-0.4, -0.2) is 40.9 Å². The number of halogens is 1. The second kappa shape index (κ2) is 5.85. The SMILES string of the molecule is O=C(O)c1ccc(OC2CCOC3(CCSC3)C2)c(F)c1. The lowest BCUT2D eigenvalue weighted by molar-refractivity contribution is -0.0964. The van der Waals surface area contributed by atoms with Crippen LogP contribution in [0.15, 0.2) is 18.2 Å². The smallest absolute Gasteiger partial charge is 0.335 e. The second-order valence-corrected chi connectivity index (χ2v) is 6.62. The van der Waals surface area contributed by atoms with Gasteiger partial charge in [0.2, 0.25) is 0 Å². The molecule has 2 fully saturated rings. The first kappa shape index (κ1) is 14.7. The van der Waals surface area contributed by atoms with E-state index in [-0.39, 0.29) is 23.0 Å². The number of ether oxygens (including phenoxy) is 2. The number of benzene rings is 1. The molecule has 2 atom stereocenters. The highest BCUT2D eigenvalue weighted by Crippen LogP contribution is 2.39. The Morgan fingerprint density at radius 2 is 2.38 bits per heavy atom. The van der Waals surface area contributed by atoms with Crippen molar-refractivity contribution in [2.24, 2.45) is 0 Å². The number of carboxylic acids is 1. The molecule has 1 aromatic carbocycles. The fourth-order valence-electron chi connectivity index (χ4n) is 2.86. The van der Waals surface area contributed by atoms with Crippen molar-refractivity contribution < 1.29 is 23.8 Å². The van der Waals surface area contributed by atoms with Gasteiger partial charge in [-0.05, 0) is 30.4 Å². The van der Waals surface area contributed by atoms with Gasteiger partial charge in [-0.1, -0.05) is 0 Å². The Labute approximate surface area is 126 Å². The summed E-state index contributed by atoms with van der Waals surface area (Å²) in [5.74, 6) is 0.402. The van der Waals surface area contributed by atoms with Gasteiger partial charge in [0.15, 0.2) is 11.6 Å². The molecule has 2 saturated heterocycles. The summed E-state index contributed by atoms with van der Waals surface area (Å²) < 4.78 is 25.6. The predicted molar refractivity (Wildman–Crippen MR) is 77.6 cm³/mol. The summed E-state index contributed by atoms with van der Waals surface area (Å²) in [6, 6.07) is 3.75. The van der Waals surface area contributed by atoms with E-state index in [0.29, 0.717) is 6.61 Å². The van der Waals surface area contributed by atoms with E-state index in [2.05, 4.69) is 0 Å². The van der Waals surface area contributed by atoms with Gasteiger partial charge >= 0.3 is 5.97 Å². The van der Waals surface area contributed by atoms with E-state index >= 15 is 0 Å². The molecule has 2 aliphatic heterocycles. The Morgan fingerprint density at radius 3 is 3.05 bits per heavy atom. The summed E-state index contributed by atoms with van der Waals surface area (Å²) in [6.45, 7) is 0.625. The number of carbonyl (C=O) groups is 1. The quantitative estimate of drug-likeness (QED) is 0.930. The predicted octanol–water partition coefficient (Wildman–Crippen LogP) is 2.96. The molecule has 6 heteroatoms. The van der Waals surface area contributed by atoms with Gasteiger partial charge in [-0.15, -0.1) is 0 Å². The van der Waals surface area contributed by atoms with E-state index in [1.165, 1.54) is 12.1 Å². The van der Waals surface area contributed by atoms with Crippen LogP contribution < -0.4 is 4.74 Å². The first-order valence-electron chi connectivity index (χ1n) is 6.99. The van der Waals surface area contributed by atoms with Crippen molar-refractivity contribution in [2.75, 3.05) is 18.1 Å². The Morgan fingerprint density at radius 1 is 1.52 bits per heavy atom. The van der Waals surface area contributed by atoms with E-state index in [9.17, 15) is 9.18 Å².